The lowest BCUT2D eigenvalue weighted by atomic mass is 10.1. The van der Waals surface area contributed by atoms with Crippen molar-refractivity contribution in [3.63, 3.8) is 0 Å². The van der Waals surface area contributed by atoms with Gasteiger partial charge >= 0.3 is 0 Å². The zero-order valence-electron chi connectivity index (χ0n) is 16.2. The van der Waals surface area contributed by atoms with Gasteiger partial charge in [0.1, 0.15) is 35.9 Å². The number of nitrogens with zero attached hydrogens (tertiary/aromatic N) is 1. The molecule has 8 nitrogen and oxygen atoms in total. The predicted octanol–water partition coefficient (Wildman–Crippen LogP) is 1.83. The minimum absolute atomic E-state index is 0.173. The van der Waals surface area contributed by atoms with E-state index in [9.17, 15) is 20.1 Å². The van der Waals surface area contributed by atoms with Crippen LogP contribution in [0.1, 0.15) is 0 Å². The van der Waals surface area contributed by atoms with Gasteiger partial charge in [0.25, 0.3) is 0 Å². The molecule has 3 heterocycles. The molecule has 1 fully saturated rings. The highest BCUT2D eigenvalue weighted by Gasteiger charge is 2.39. The van der Waals surface area contributed by atoms with Crippen molar-refractivity contribution in [2.75, 3.05) is 6.61 Å². The van der Waals surface area contributed by atoms with Crippen LogP contribution in [0, 0.1) is 0 Å². The molecule has 31 heavy (non-hydrogen) atoms. The first-order valence-electron chi connectivity index (χ1n) is 9.75. The molecule has 1 aliphatic rings. The molecule has 0 radical (unpaired) electrons. The zero-order chi connectivity index (χ0) is 21.5. The lowest BCUT2D eigenvalue weighted by Gasteiger charge is -2.34. The molecular formula is C23H19NO7. The van der Waals surface area contributed by atoms with E-state index in [1.54, 1.807) is 18.2 Å². The summed E-state index contributed by atoms with van der Waals surface area (Å²) in [5.41, 5.74) is 1.69. The summed E-state index contributed by atoms with van der Waals surface area (Å²) < 4.78 is 16.5. The Kier molecular flexibility index (Phi) is 4.91. The van der Waals surface area contributed by atoms with Crippen molar-refractivity contribution >= 4 is 21.9 Å². The summed E-state index contributed by atoms with van der Waals surface area (Å²) in [5, 5.41) is 30.7. The molecule has 4 atom stereocenters. The van der Waals surface area contributed by atoms with Gasteiger partial charge in [0.15, 0.2) is 0 Å². The van der Waals surface area contributed by atoms with Gasteiger partial charge in [-0.3, -0.25) is 4.79 Å². The number of aliphatic hydroxyl groups is 3. The zero-order valence-corrected chi connectivity index (χ0v) is 16.2. The molecular weight excluding hydrogens is 402 g/mol. The quantitative estimate of drug-likeness (QED) is 0.458. The van der Waals surface area contributed by atoms with Crippen molar-refractivity contribution in [1.29, 1.82) is 0 Å². The maximum Gasteiger partial charge on any atom is 0.228 e. The van der Waals surface area contributed by atoms with Gasteiger partial charge in [0.2, 0.25) is 11.7 Å². The van der Waals surface area contributed by atoms with Gasteiger partial charge in [0.05, 0.1) is 28.8 Å². The molecule has 0 spiro atoms. The number of hydrogen-bond donors (Lipinski definition) is 3. The lowest BCUT2D eigenvalue weighted by Crippen LogP contribution is -2.54. The Labute approximate surface area is 175 Å². The van der Waals surface area contributed by atoms with Crippen molar-refractivity contribution in [1.82, 2.24) is 4.98 Å². The molecule has 4 unspecified atom stereocenters. The third kappa shape index (κ3) is 3.55. The molecule has 0 saturated carbocycles. The maximum absolute atomic E-state index is 13.0. The Bertz CT molecular complexity index is 1320. The van der Waals surface area contributed by atoms with E-state index in [4.69, 9.17) is 13.9 Å². The van der Waals surface area contributed by atoms with Gasteiger partial charge in [0, 0.05) is 11.5 Å². The molecule has 1 aliphatic heterocycles. The number of ether oxygens (including phenoxy) is 2. The molecule has 3 N–H and O–H groups in total. The fourth-order valence-electron chi connectivity index (χ4n) is 3.59. The van der Waals surface area contributed by atoms with Crippen molar-refractivity contribution in [3.8, 4) is 17.0 Å². The predicted molar refractivity (Wildman–Crippen MR) is 112 cm³/mol. The van der Waals surface area contributed by atoms with Crippen LogP contribution in [0.25, 0.3) is 33.1 Å². The van der Waals surface area contributed by atoms with E-state index in [0.717, 1.165) is 10.9 Å². The van der Waals surface area contributed by atoms with Crippen LogP contribution in [-0.4, -0.2) is 51.5 Å². The summed E-state index contributed by atoms with van der Waals surface area (Å²) in [7, 11) is 0. The third-order valence-corrected chi connectivity index (χ3v) is 5.33. The van der Waals surface area contributed by atoms with Crippen LogP contribution < -0.4 is 10.2 Å². The molecule has 0 bridgehead atoms. The first-order valence-corrected chi connectivity index (χ1v) is 9.75. The topological polar surface area (TPSA) is 122 Å². The first kappa shape index (κ1) is 19.7. The summed E-state index contributed by atoms with van der Waals surface area (Å²) in [5.74, 6) is 0.278. The van der Waals surface area contributed by atoms with Gasteiger partial charge in [-0.25, -0.2) is 4.98 Å². The van der Waals surface area contributed by atoms with Crippen LogP contribution >= 0.6 is 0 Å². The molecule has 2 aromatic heterocycles. The van der Waals surface area contributed by atoms with Gasteiger partial charge < -0.3 is 29.2 Å². The van der Waals surface area contributed by atoms with E-state index in [1.807, 2.05) is 30.3 Å². The number of hydrogen-bond acceptors (Lipinski definition) is 8. The number of aliphatic hydroxyl groups excluding tert-OH is 3. The van der Waals surface area contributed by atoms with Gasteiger partial charge in [-0.05, 0) is 24.3 Å². The summed E-state index contributed by atoms with van der Waals surface area (Å²) in [6, 6.07) is 15.9. The normalized spacial score (nSPS) is 23.8. The molecule has 1 saturated heterocycles. The molecule has 158 valence electrons. The monoisotopic (exact) mass is 421 g/mol. The van der Waals surface area contributed by atoms with E-state index in [1.165, 1.54) is 12.3 Å². The molecule has 8 heteroatoms. The third-order valence-electron chi connectivity index (χ3n) is 5.33. The summed E-state index contributed by atoms with van der Waals surface area (Å²) in [6.45, 7) is -0.173. The molecule has 0 aliphatic carbocycles. The Hall–Kier alpha value is -3.30. The Morgan fingerprint density at radius 1 is 1.00 bits per heavy atom. The molecule has 2 aromatic carbocycles. The second kappa shape index (κ2) is 7.75. The summed E-state index contributed by atoms with van der Waals surface area (Å²) >= 11 is 0. The second-order valence-electron chi connectivity index (χ2n) is 7.39. The van der Waals surface area contributed by atoms with E-state index in [-0.39, 0.29) is 23.4 Å². The van der Waals surface area contributed by atoms with Crippen molar-refractivity contribution in [2.24, 2.45) is 0 Å². The molecule has 4 aromatic rings. The lowest BCUT2D eigenvalue weighted by molar-refractivity contribution is -0.242. The number of pyridine rings is 1. The number of rotatable bonds is 3. The van der Waals surface area contributed by atoms with Crippen LogP contribution in [0.4, 0.5) is 0 Å². The van der Waals surface area contributed by atoms with Gasteiger partial charge in [-0.1, -0.05) is 24.3 Å². The molecule has 5 rings (SSSR count). The van der Waals surface area contributed by atoms with Crippen molar-refractivity contribution in [2.45, 2.75) is 24.6 Å². The average Bonchev–Trinajstić information content (AvgIpc) is 2.79. The van der Waals surface area contributed by atoms with Crippen molar-refractivity contribution < 1.29 is 29.2 Å². The van der Waals surface area contributed by atoms with Crippen LogP contribution in [-0.2, 0) is 4.74 Å². The standard InChI is InChI=1S/C23H19NO7/c25-18-11-30-23(22(28)21(18)27)31-13-6-7-14-19(9-13)29-10-15(20(14)26)17-8-5-12-3-1-2-4-16(12)24-17/h1-10,18,21-23,25,27-28H,11H2. The highest BCUT2D eigenvalue weighted by atomic mass is 16.7. The SMILES string of the molecule is O=c1c(-c2ccc3ccccc3n2)coc2cc(OC3OCC(O)C(O)C3O)ccc12. The fraction of sp³-hybridized carbons (Fsp3) is 0.217. The Morgan fingerprint density at radius 2 is 1.84 bits per heavy atom. The number of para-hydroxylation sites is 1. The van der Waals surface area contributed by atoms with E-state index in [2.05, 4.69) is 4.98 Å². The first-order chi connectivity index (χ1) is 15.0. The van der Waals surface area contributed by atoms with Gasteiger partial charge in [-0.2, -0.15) is 0 Å². The second-order valence-corrected chi connectivity index (χ2v) is 7.39. The average molecular weight is 421 g/mol. The van der Waals surface area contributed by atoms with E-state index >= 15 is 0 Å². The fourth-order valence-corrected chi connectivity index (χ4v) is 3.59. The number of aromatic nitrogens is 1. The van der Waals surface area contributed by atoms with Crippen LogP contribution in [0.2, 0.25) is 0 Å². The van der Waals surface area contributed by atoms with E-state index < -0.39 is 24.6 Å². The largest absolute Gasteiger partial charge is 0.463 e. The maximum atomic E-state index is 13.0. The highest BCUT2D eigenvalue weighted by molar-refractivity contribution is 5.85. The minimum atomic E-state index is -1.42. The molecule has 0 amide bonds. The number of benzene rings is 2. The summed E-state index contributed by atoms with van der Waals surface area (Å²) in [6.07, 6.45) is -3.80. The van der Waals surface area contributed by atoms with E-state index in [0.29, 0.717) is 16.6 Å². The highest BCUT2D eigenvalue weighted by Crippen LogP contribution is 2.26. The van der Waals surface area contributed by atoms with Crippen molar-refractivity contribution in [3.05, 3.63) is 71.1 Å². The summed E-state index contributed by atoms with van der Waals surface area (Å²) in [4.78, 5) is 17.6. The minimum Gasteiger partial charge on any atom is -0.463 e. The van der Waals surface area contributed by atoms with Crippen LogP contribution in [0.5, 0.6) is 5.75 Å². The van der Waals surface area contributed by atoms with Gasteiger partial charge in [-0.15, -0.1) is 0 Å². The van der Waals surface area contributed by atoms with Crippen LogP contribution in [0.15, 0.2) is 70.1 Å². The Morgan fingerprint density at radius 3 is 2.71 bits per heavy atom. The number of fused-ring (bicyclic) bond motifs is 2. The smallest absolute Gasteiger partial charge is 0.228 e. The Balaban J connectivity index is 1.46. The van der Waals surface area contributed by atoms with Crippen LogP contribution in [0.3, 0.4) is 0 Å².